The van der Waals surface area contributed by atoms with Gasteiger partial charge in [-0.15, -0.1) is 0 Å². The summed E-state index contributed by atoms with van der Waals surface area (Å²) in [5, 5.41) is 9.85. The Morgan fingerprint density at radius 2 is 2.18 bits per heavy atom. The molecule has 1 heterocycles. The summed E-state index contributed by atoms with van der Waals surface area (Å²) >= 11 is 0. The monoisotopic (exact) mass is 231 g/mol. The van der Waals surface area contributed by atoms with Gasteiger partial charge in [-0.3, -0.25) is 4.79 Å². The molecule has 0 saturated carbocycles. The second-order valence-corrected chi connectivity index (χ2v) is 4.25. The van der Waals surface area contributed by atoms with Gasteiger partial charge in [-0.05, 0) is 42.0 Å². The summed E-state index contributed by atoms with van der Waals surface area (Å²) < 4.78 is 2.12. The first-order valence-corrected chi connectivity index (χ1v) is 6.00. The summed E-state index contributed by atoms with van der Waals surface area (Å²) in [7, 11) is 0. The largest absolute Gasteiger partial charge is 0.481 e. The average molecular weight is 231 g/mol. The Kier molecular flexibility index (Phi) is 3.47. The number of fused-ring (bicyclic) bond motifs is 1. The van der Waals surface area contributed by atoms with Crippen molar-refractivity contribution < 1.29 is 9.90 Å². The highest BCUT2D eigenvalue weighted by Gasteiger charge is 2.03. The lowest BCUT2D eigenvalue weighted by Gasteiger charge is -2.04. The van der Waals surface area contributed by atoms with Gasteiger partial charge in [-0.2, -0.15) is 0 Å². The standard InChI is InChI=1S/C14H17NO2/c1-2-11-5-6-13-12(10-11)7-9-15(13)8-3-4-14(16)17/h5-7,9-10H,2-4,8H2,1H3,(H,16,17). The summed E-state index contributed by atoms with van der Waals surface area (Å²) in [6.45, 7) is 2.91. The maximum Gasteiger partial charge on any atom is 0.303 e. The lowest BCUT2D eigenvalue weighted by atomic mass is 10.1. The van der Waals surface area contributed by atoms with E-state index in [0.717, 1.165) is 13.0 Å². The fraction of sp³-hybridized carbons (Fsp3) is 0.357. The summed E-state index contributed by atoms with van der Waals surface area (Å²) in [5.41, 5.74) is 2.52. The van der Waals surface area contributed by atoms with Crippen molar-refractivity contribution in [2.75, 3.05) is 0 Å². The zero-order chi connectivity index (χ0) is 12.3. The molecule has 1 aromatic heterocycles. The van der Waals surface area contributed by atoms with Gasteiger partial charge in [0.15, 0.2) is 0 Å². The fourth-order valence-electron chi connectivity index (χ4n) is 2.07. The van der Waals surface area contributed by atoms with Gasteiger partial charge in [0.2, 0.25) is 0 Å². The predicted molar refractivity (Wildman–Crippen MR) is 68.2 cm³/mol. The zero-order valence-electron chi connectivity index (χ0n) is 10.0. The van der Waals surface area contributed by atoms with Gasteiger partial charge in [0, 0.05) is 24.7 Å². The minimum absolute atomic E-state index is 0.229. The molecule has 3 nitrogen and oxygen atoms in total. The van der Waals surface area contributed by atoms with Crippen molar-refractivity contribution in [3.8, 4) is 0 Å². The number of hydrogen-bond donors (Lipinski definition) is 1. The Morgan fingerprint density at radius 3 is 2.88 bits per heavy atom. The minimum atomic E-state index is -0.727. The molecule has 1 N–H and O–H groups in total. The summed E-state index contributed by atoms with van der Waals surface area (Å²) in [6.07, 6.45) is 3.98. The van der Waals surface area contributed by atoms with Crippen LogP contribution in [0.4, 0.5) is 0 Å². The molecule has 1 aromatic carbocycles. The van der Waals surface area contributed by atoms with E-state index in [1.807, 2.05) is 6.20 Å². The van der Waals surface area contributed by atoms with Crippen molar-refractivity contribution in [2.24, 2.45) is 0 Å². The van der Waals surface area contributed by atoms with Crippen molar-refractivity contribution in [1.82, 2.24) is 4.57 Å². The molecule has 90 valence electrons. The van der Waals surface area contributed by atoms with Crippen LogP contribution in [-0.2, 0) is 17.8 Å². The maximum atomic E-state index is 10.5. The van der Waals surface area contributed by atoms with E-state index in [9.17, 15) is 4.79 Å². The van der Waals surface area contributed by atoms with Crippen LogP contribution in [0.25, 0.3) is 10.9 Å². The molecule has 17 heavy (non-hydrogen) atoms. The van der Waals surface area contributed by atoms with Crippen LogP contribution in [0.15, 0.2) is 30.5 Å². The predicted octanol–water partition coefficient (Wildman–Crippen LogP) is 3.07. The molecule has 0 aliphatic heterocycles. The van der Waals surface area contributed by atoms with Gasteiger partial charge < -0.3 is 9.67 Å². The Bertz CT molecular complexity index is 528. The highest BCUT2D eigenvalue weighted by Crippen LogP contribution is 2.18. The van der Waals surface area contributed by atoms with Gasteiger partial charge in [0.05, 0.1) is 0 Å². The molecule has 2 rings (SSSR count). The Labute approximate surface area is 101 Å². The Hall–Kier alpha value is -1.77. The first-order chi connectivity index (χ1) is 8.20. The van der Waals surface area contributed by atoms with Crippen LogP contribution in [0.2, 0.25) is 0 Å². The molecule has 0 fully saturated rings. The van der Waals surface area contributed by atoms with Gasteiger partial charge in [-0.25, -0.2) is 0 Å². The van der Waals surface area contributed by atoms with Gasteiger partial charge in [0.25, 0.3) is 0 Å². The van der Waals surface area contributed by atoms with E-state index in [1.165, 1.54) is 16.5 Å². The van der Waals surface area contributed by atoms with E-state index in [0.29, 0.717) is 6.42 Å². The summed E-state index contributed by atoms with van der Waals surface area (Å²) in [6, 6.07) is 8.54. The van der Waals surface area contributed by atoms with Gasteiger partial charge in [-0.1, -0.05) is 13.0 Å². The van der Waals surface area contributed by atoms with Gasteiger partial charge in [0.1, 0.15) is 0 Å². The number of rotatable bonds is 5. The lowest BCUT2D eigenvalue weighted by molar-refractivity contribution is -0.137. The molecular weight excluding hydrogens is 214 g/mol. The van der Waals surface area contributed by atoms with E-state index < -0.39 is 5.97 Å². The molecule has 2 aromatic rings. The number of aryl methyl sites for hydroxylation is 2. The quantitative estimate of drug-likeness (QED) is 0.859. The zero-order valence-corrected chi connectivity index (χ0v) is 10.0. The third-order valence-corrected chi connectivity index (χ3v) is 3.03. The van der Waals surface area contributed by atoms with E-state index in [1.54, 1.807) is 0 Å². The molecule has 0 spiro atoms. The number of carboxylic acid groups (broad SMARTS) is 1. The average Bonchev–Trinajstić information content (AvgIpc) is 2.71. The maximum absolute atomic E-state index is 10.5. The van der Waals surface area contributed by atoms with Crippen molar-refractivity contribution in [3.63, 3.8) is 0 Å². The van der Waals surface area contributed by atoms with Crippen LogP contribution in [0.3, 0.4) is 0 Å². The molecule has 0 aliphatic rings. The van der Waals surface area contributed by atoms with E-state index >= 15 is 0 Å². The van der Waals surface area contributed by atoms with Crippen molar-refractivity contribution in [1.29, 1.82) is 0 Å². The third-order valence-electron chi connectivity index (χ3n) is 3.03. The Balaban J connectivity index is 2.16. The lowest BCUT2D eigenvalue weighted by Crippen LogP contribution is -2.00. The number of nitrogens with zero attached hydrogens (tertiary/aromatic N) is 1. The van der Waals surface area contributed by atoms with E-state index in [4.69, 9.17) is 5.11 Å². The smallest absolute Gasteiger partial charge is 0.303 e. The van der Waals surface area contributed by atoms with Crippen molar-refractivity contribution in [3.05, 3.63) is 36.0 Å². The normalized spacial score (nSPS) is 10.9. The number of aromatic nitrogens is 1. The molecule has 0 bridgehead atoms. The number of hydrogen-bond acceptors (Lipinski definition) is 1. The minimum Gasteiger partial charge on any atom is -0.481 e. The summed E-state index contributed by atoms with van der Waals surface area (Å²) in [4.78, 5) is 10.5. The highest BCUT2D eigenvalue weighted by molar-refractivity contribution is 5.80. The number of carbonyl (C=O) groups is 1. The Morgan fingerprint density at radius 1 is 1.35 bits per heavy atom. The first kappa shape index (κ1) is 11.7. The van der Waals surface area contributed by atoms with Crippen LogP contribution < -0.4 is 0 Å². The molecule has 0 unspecified atom stereocenters. The molecule has 0 amide bonds. The molecule has 3 heteroatoms. The van der Waals surface area contributed by atoms with Crippen LogP contribution in [0.5, 0.6) is 0 Å². The number of carboxylic acids is 1. The van der Waals surface area contributed by atoms with Crippen LogP contribution in [0.1, 0.15) is 25.3 Å². The number of benzene rings is 1. The number of aliphatic carboxylic acids is 1. The highest BCUT2D eigenvalue weighted by atomic mass is 16.4. The molecule has 0 saturated heterocycles. The first-order valence-electron chi connectivity index (χ1n) is 6.00. The second-order valence-electron chi connectivity index (χ2n) is 4.25. The van der Waals surface area contributed by atoms with Crippen LogP contribution in [0, 0.1) is 0 Å². The van der Waals surface area contributed by atoms with E-state index in [-0.39, 0.29) is 6.42 Å². The molecule has 0 aliphatic carbocycles. The van der Waals surface area contributed by atoms with Gasteiger partial charge >= 0.3 is 5.97 Å². The molecule has 0 radical (unpaired) electrons. The molecule has 0 atom stereocenters. The van der Waals surface area contributed by atoms with E-state index in [2.05, 4.69) is 35.8 Å². The van der Waals surface area contributed by atoms with Crippen molar-refractivity contribution in [2.45, 2.75) is 32.7 Å². The SMILES string of the molecule is CCc1ccc2c(ccn2CCCC(=O)O)c1. The third kappa shape index (κ3) is 2.67. The molecular formula is C14H17NO2. The topological polar surface area (TPSA) is 42.2 Å². The second kappa shape index (κ2) is 5.04. The fourth-order valence-corrected chi connectivity index (χ4v) is 2.07. The summed E-state index contributed by atoms with van der Waals surface area (Å²) in [5.74, 6) is -0.727. The van der Waals surface area contributed by atoms with Crippen molar-refractivity contribution >= 4 is 16.9 Å². The van der Waals surface area contributed by atoms with Crippen LogP contribution in [-0.4, -0.2) is 15.6 Å². The van der Waals surface area contributed by atoms with Crippen LogP contribution >= 0.6 is 0 Å².